The van der Waals surface area contributed by atoms with Crippen LogP contribution in [0.1, 0.15) is 30.4 Å². The molecule has 1 amide bonds. The van der Waals surface area contributed by atoms with Crippen molar-refractivity contribution >= 4 is 11.9 Å². The summed E-state index contributed by atoms with van der Waals surface area (Å²) in [7, 11) is 6.86. The van der Waals surface area contributed by atoms with Crippen molar-refractivity contribution in [2.45, 2.75) is 25.8 Å². The number of rotatable bonds is 10. The number of nitrogens with zero attached hydrogens (tertiary/aromatic N) is 2. The molecule has 31 heavy (non-hydrogen) atoms. The van der Waals surface area contributed by atoms with Gasteiger partial charge in [-0.05, 0) is 47.7 Å². The fourth-order valence-electron chi connectivity index (χ4n) is 2.93. The number of amides is 1. The number of benzene rings is 2. The van der Waals surface area contributed by atoms with Crippen LogP contribution in [-0.2, 0) is 11.3 Å². The maximum Gasteiger partial charge on any atom is 0.259 e. The predicted molar refractivity (Wildman–Crippen MR) is 125 cm³/mol. The van der Waals surface area contributed by atoms with Crippen molar-refractivity contribution in [1.82, 2.24) is 15.5 Å². The molecule has 0 radical (unpaired) electrons. The number of nitrogens with one attached hydrogen (secondary N) is 2. The van der Waals surface area contributed by atoms with Gasteiger partial charge in [0.25, 0.3) is 5.91 Å². The van der Waals surface area contributed by atoms with Gasteiger partial charge in [0.1, 0.15) is 11.5 Å². The van der Waals surface area contributed by atoms with Crippen molar-refractivity contribution in [3.05, 3.63) is 59.7 Å². The predicted octanol–water partition coefficient (Wildman–Crippen LogP) is 3.02. The molecule has 0 spiro atoms. The van der Waals surface area contributed by atoms with Crippen LogP contribution in [-0.4, -0.2) is 58.2 Å². The monoisotopic (exact) mass is 426 g/mol. The molecule has 0 bridgehead atoms. The Kier molecular flexibility index (Phi) is 9.68. The Morgan fingerprint density at radius 1 is 1.10 bits per heavy atom. The van der Waals surface area contributed by atoms with Crippen molar-refractivity contribution in [2.24, 2.45) is 4.99 Å². The first-order valence-corrected chi connectivity index (χ1v) is 10.4. The fraction of sp³-hybridized carbons (Fsp3) is 0.417. The molecular weight excluding hydrogens is 392 g/mol. The quantitative estimate of drug-likeness (QED) is 0.451. The molecule has 0 fully saturated rings. The van der Waals surface area contributed by atoms with E-state index in [0.717, 1.165) is 30.2 Å². The summed E-state index contributed by atoms with van der Waals surface area (Å²) in [5.74, 6) is 2.64. The highest BCUT2D eigenvalue weighted by Gasteiger charge is 2.08. The SMILES string of the molecule is CN=C(NCCC(C)c1ccc(OC)cc1)NCc1cccc(OCC(=O)N(C)C)c1. The van der Waals surface area contributed by atoms with Crippen LogP contribution in [0.3, 0.4) is 0 Å². The number of carbonyl (C=O) groups excluding carboxylic acids is 1. The molecule has 2 rings (SSSR count). The molecular formula is C24H34N4O3. The van der Waals surface area contributed by atoms with Crippen molar-refractivity contribution in [2.75, 3.05) is 41.4 Å². The summed E-state index contributed by atoms with van der Waals surface area (Å²) in [6, 6.07) is 15.9. The van der Waals surface area contributed by atoms with Gasteiger partial charge >= 0.3 is 0 Å². The van der Waals surface area contributed by atoms with Crippen LogP contribution in [0, 0.1) is 0 Å². The van der Waals surface area contributed by atoms with E-state index in [0.29, 0.717) is 18.2 Å². The topological polar surface area (TPSA) is 75.2 Å². The number of likely N-dealkylation sites (N-methyl/N-ethyl adjacent to an activating group) is 1. The van der Waals surface area contributed by atoms with Gasteiger partial charge in [-0.15, -0.1) is 0 Å². The van der Waals surface area contributed by atoms with Gasteiger partial charge in [0.05, 0.1) is 7.11 Å². The molecule has 1 atom stereocenters. The van der Waals surface area contributed by atoms with E-state index < -0.39 is 0 Å². The van der Waals surface area contributed by atoms with Crippen LogP contribution >= 0.6 is 0 Å². The molecule has 168 valence electrons. The summed E-state index contributed by atoms with van der Waals surface area (Å²) in [5.41, 5.74) is 2.33. The van der Waals surface area contributed by atoms with E-state index in [4.69, 9.17) is 9.47 Å². The highest BCUT2D eigenvalue weighted by molar-refractivity contribution is 5.79. The third kappa shape index (κ3) is 8.20. The van der Waals surface area contributed by atoms with Gasteiger partial charge < -0.3 is 25.0 Å². The van der Waals surface area contributed by atoms with Gasteiger partial charge in [-0.3, -0.25) is 9.79 Å². The van der Waals surface area contributed by atoms with Gasteiger partial charge in [0.2, 0.25) is 0 Å². The minimum absolute atomic E-state index is 0.0273. The third-order valence-electron chi connectivity index (χ3n) is 5.00. The molecule has 0 aliphatic heterocycles. The van der Waals surface area contributed by atoms with Gasteiger partial charge in [-0.1, -0.05) is 31.2 Å². The van der Waals surface area contributed by atoms with Crippen molar-refractivity contribution < 1.29 is 14.3 Å². The number of guanidine groups is 1. The van der Waals surface area contributed by atoms with E-state index in [9.17, 15) is 4.79 Å². The molecule has 0 aliphatic rings. The first-order chi connectivity index (χ1) is 14.9. The van der Waals surface area contributed by atoms with Crippen LogP contribution in [0.2, 0.25) is 0 Å². The van der Waals surface area contributed by atoms with E-state index in [1.165, 1.54) is 10.5 Å². The number of aliphatic imine (C=N–C) groups is 1. The number of hydrogen-bond acceptors (Lipinski definition) is 4. The molecule has 2 N–H and O–H groups in total. The highest BCUT2D eigenvalue weighted by atomic mass is 16.5. The zero-order chi connectivity index (χ0) is 22.6. The van der Waals surface area contributed by atoms with Crippen LogP contribution in [0.25, 0.3) is 0 Å². The Morgan fingerprint density at radius 3 is 2.48 bits per heavy atom. The van der Waals surface area contributed by atoms with E-state index in [1.54, 1.807) is 28.3 Å². The van der Waals surface area contributed by atoms with E-state index >= 15 is 0 Å². The van der Waals surface area contributed by atoms with Gasteiger partial charge in [-0.2, -0.15) is 0 Å². The number of ether oxygens (including phenoxy) is 2. The fourth-order valence-corrected chi connectivity index (χ4v) is 2.93. The number of methoxy groups -OCH3 is 1. The second-order valence-electron chi connectivity index (χ2n) is 7.54. The van der Waals surface area contributed by atoms with Gasteiger partial charge in [0.15, 0.2) is 12.6 Å². The van der Waals surface area contributed by atoms with E-state index in [1.807, 2.05) is 36.4 Å². The molecule has 0 aliphatic carbocycles. The minimum Gasteiger partial charge on any atom is -0.497 e. The lowest BCUT2D eigenvalue weighted by atomic mass is 9.98. The average Bonchev–Trinajstić information content (AvgIpc) is 2.79. The van der Waals surface area contributed by atoms with Crippen LogP contribution in [0.5, 0.6) is 11.5 Å². The lowest BCUT2D eigenvalue weighted by Gasteiger charge is -2.16. The molecule has 0 heterocycles. The second-order valence-corrected chi connectivity index (χ2v) is 7.54. The normalized spacial score (nSPS) is 12.1. The second kappa shape index (κ2) is 12.5. The number of carbonyl (C=O) groups is 1. The Labute approximate surface area is 185 Å². The molecule has 2 aromatic rings. The number of hydrogen-bond donors (Lipinski definition) is 2. The lowest BCUT2D eigenvalue weighted by Crippen LogP contribution is -2.37. The Morgan fingerprint density at radius 2 is 1.84 bits per heavy atom. The smallest absolute Gasteiger partial charge is 0.259 e. The Balaban J connectivity index is 1.77. The molecule has 7 nitrogen and oxygen atoms in total. The molecule has 0 aromatic heterocycles. The third-order valence-corrected chi connectivity index (χ3v) is 5.00. The summed E-state index contributed by atoms with van der Waals surface area (Å²) in [6.45, 7) is 3.65. The summed E-state index contributed by atoms with van der Waals surface area (Å²) >= 11 is 0. The van der Waals surface area contributed by atoms with Gasteiger partial charge in [0, 0.05) is 34.2 Å². The zero-order valence-electron chi connectivity index (χ0n) is 19.1. The van der Waals surface area contributed by atoms with Crippen LogP contribution < -0.4 is 20.1 Å². The Hall–Kier alpha value is -3.22. The molecule has 2 aromatic carbocycles. The standard InChI is InChI=1S/C24H34N4O3/c1-18(20-9-11-21(30-5)12-10-20)13-14-26-24(25-2)27-16-19-7-6-8-22(15-19)31-17-23(29)28(3)4/h6-12,15,18H,13-14,16-17H2,1-5H3,(H2,25,26,27). The Bertz CT molecular complexity index is 850. The largest absolute Gasteiger partial charge is 0.497 e. The molecule has 1 unspecified atom stereocenters. The van der Waals surface area contributed by atoms with Crippen LogP contribution in [0.15, 0.2) is 53.5 Å². The van der Waals surface area contributed by atoms with Crippen LogP contribution in [0.4, 0.5) is 0 Å². The van der Waals surface area contributed by atoms with Crippen molar-refractivity contribution in [1.29, 1.82) is 0 Å². The zero-order valence-corrected chi connectivity index (χ0v) is 19.1. The maximum absolute atomic E-state index is 11.7. The van der Waals surface area contributed by atoms with E-state index in [-0.39, 0.29) is 12.5 Å². The summed E-state index contributed by atoms with van der Waals surface area (Å²) in [6.07, 6.45) is 0.982. The highest BCUT2D eigenvalue weighted by Crippen LogP contribution is 2.21. The molecule has 0 saturated carbocycles. The maximum atomic E-state index is 11.7. The summed E-state index contributed by atoms with van der Waals surface area (Å²) < 4.78 is 10.8. The first-order valence-electron chi connectivity index (χ1n) is 10.4. The lowest BCUT2D eigenvalue weighted by molar-refractivity contribution is -0.130. The minimum atomic E-state index is -0.0722. The summed E-state index contributed by atoms with van der Waals surface area (Å²) in [4.78, 5) is 17.5. The average molecular weight is 427 g/mol. The molecule has 0 saturated heterocycles. The van der Waals surface area contributed by atoms with E-state index in [2.05, 4.69) is 34.7 Å². The first kappa shape index (κ1) is 24.1. The molecule has 7 heteroatoms. The summed E-state index contributed by atoms with van der Waals surface area (Å²) in [5, 5.41) is 6.68. The van der Waals surface area contributed by atoms with Gasteiger partial charge in [-0.25, -0.2) is 0 Å². The van der Waals surface area contributed by atoms with Crippen molar-refractivity contribution in [3.8, 4) is 11.5 Å². The van der Waals surface area contributed by atoms with Crippen molar-refractivity contribution in [3.63, 3.8) is 0 Å².